The molecule has 0 radical (unpaired) electrons. The van der Waals surface area contributed by atoms with Crippen LogP contribution in [0.3, 0.4) is 0 Å². The van der Waals surface area contributed by atoms with Crippen molar-refractivity contribution < 1.29 is 14.3 Å². The third-order valence-electron chi connectivity index (χ3n) is 4.36. The van der Waals surface area contributed by atoms with Gasteiger partial charge in [-0.2, -0.15) is 0 Å². The number of carbonyl (C=O) groups is 2. The lowest BCUT2D eigenvalue weighted by Gasteiger charge is -2.29. The number of amides is 2. The maximum absolute atomic E-state index is 12.5. The van der Waals surface area contributed by atoms with Gasteiger partial charge in [-0.25, -0.2) is 0 Å². The summed E-state index contributed by atoms with van der Waals surface area (Å²) in [5.74, 6) is -0.489. The number of nitrogens with one attached hydrogen (secondary N) is 1. The van der Waals surface area contributed by atoms with Gasteiger partial charge in [-0.3, -0.25) is 14.5 Å². The highest BCUT2D eigenvalue weighted by molar-refractivity contribution is 6.21. The van der Waals surface area contributed by atoms with Crippen LogP contribution < -0.4 is 5.32 Å². The Morgan fingerprint density at radius 2 is 1.78 bits per heavy atom. The number of imide groups is 1. The van der Waals surface area contributed by atoms with Crippen LogP contribution in [0, 0.1) is 0 Å². The first-order valence-corrected chi connectivity index (χ1v) is 7.71. The number of ether oxygens (including phenoxy) is 1. The molecule has 2 aliphatic rings. The summed E-state index contributed by atoms with van der Waals surface area (Å²) in [5, 5.41) is 3.28. The van der Waals surface area contributed by atoms with Gasteiger partial charge in [0.25, 0.3) is 11.8 Å². The molecule has 1 atom stereocenters. The number of hydrogen-bond acceptors (Lipinski definition) is 4. The topological polar surface area (TPSA) is 58.6 Å². The summed E-state index contributed by atoms with van der Waals surface area (Å²) < 4.78 is 5.46. The van der Waals surface area contributed by atoms with E-state index in [1.54, 1.807) is 31.4 Å². The minimum atomic E-state index is -0.324. The summed E-state index contributed by atoms with van der Waals surface area (Å²) >= 11 is 0. The van der Waals surface area contributed by atoms with Crippen LogP contribution in [0.2, 0.25) is 0 Å². The number of allylic oxidation sites excluding steroid dienone is 3. The number of dihydropyridines is 1. The average Bonchev–Trinajstić information content (AvgIpc) is 2.81. The normalized spacial score (nSPS) is 20.6. The van der Waals surface area contributed by atoms with E-state index >= 15 is 0 Å². The van der Waals surface area contributed by atoms with Crippen LogP contribution in [0.5, 0.6) is 0 Å². The average molecular weight is 312 g/mol. The maximum atomic E-state index is 12.5. The SMILES string of the molecule is CCC1=C(C)NC(OC)C(CN2C(=O)c3ccccc3C2=O)=C1. The fraction of sp³-hybridized carbons (Fsp3) is 0.333. The van der Waals surface area contributed by atoms with Gasteiger partial charge in [-0.1, -0.05) is 25.1 Å². The lowest BCUT2D eigenvalue weighted by molar-refractivity contribution is 0.0634. The Kier molecular flexibility index (Phi) is 4.05. The molecule has 1 aromatic carbocycles. The third kappa shape index (κ3) is 2.57. The number of rotatable bonds is 4. The van der Waals surface area contributed by atoms with Gasteiger partial charge in [0.15, 0.2) is 6.23 Å². The summed E-state index contributed by atoms with van der Waals surface area (Å²) in [7, 11) is 1.61. The molecule has 3 rings (SSSR count). The Bertz CT molecular complexity index is 699. The van der Waals surface area contributed by atoms with Gasteiger partial charge < -0.3 is 10.1 Å². The molecule has 0 spiro atoms. The van der Waals surface area contributed by atoms with Gasteiger partial charge in [-0.15, -0.1) is 0 Å². The van der Waals surface area contributed by atoms with Crippen LogP contribution in [0.25, 0.3) is 0 Å². The largest absolute Gasteiger partial charge is 0.360 e. The van der Waals surface area contributed by atoms with E-state index in [9.17, 15) is 9.59 Å². The van der Waals surface area contributed by atoms with Crippen molar-refractivity contribution in [1.29, 1.82) is 0 Å². The molecule has 0 bridgehead atoms. The van der Waals surface area contributed by atoms with E-state index < -0.39 is 0 Å². The van der Waals surface area contributed by atoms with Gasteiger partial charge in [0, 0.05) is 12.8 Å². The minimum absolute atomic E-state index is 0.231. The highest BCUT2D eigenvalue weighted by atomic mass is 16.5. The summed E-state index contributed by atoms with van der Waals surface area (Å²) in [6, 6.07) is 6.93. The Balaban J connectivity index is 1.90. The molecule has 2 amide bonds. The first kappa shape index (κ1) is 15.5. The standard InChI is InChI=1S/C18H20N2O3/c1-4-12-9-13(16(23-3)19-11(12)2)10-20-17(21)14-7-5-6-8-15(14)18(20)22/h5-9,16,19H,4,10H2,1-3H3. The van der Waals surface area contributed by atoms with Crippen molar-refractivity contribution in [3.8, 4) is 0 Å². The summed E-state index contributed by atoms with van der Waals surface area (Å²) in [6.07, 6.45) is 2.58. The molecule has 0 fully saturated rings. The fourth-order valence-corrected chi connectivity index (χ4v) is 3.06. The summed E-state index contributed by atoms with van der Waals surface area (Å²) in [5.41, 5.74) is 4.04. The molecule has 0 saturated carbocycles. The summed E-state index contributed by atoms with van der Waals surface area (Å²) in [6.45, 7) is 4.30. The Morgan fingerprint density at radius 3 is 2.30 bits per heavy atom. The number of fused-ring (bicyclic) bond motifs is 1. The second-order valence-corrected chi connectivity index (χ2v) is 5.73. The zero-order valence-corrected chi connectivity index (χ0v) is 13.6. The Morgan fingerprint density at radius 1 is 1.17 bits per heavy atom. The van der Waals surface area contributed by atoms with E-state index in [1.165, 1.54) is 4.90 Å². The van der Waals surface area contributed by atoms with Gasteiger partial charge in [-0.05, 0) is 36.6 Å². The van der Waals surface area contributed by atoms with E-state index in [1.807, 2.05) is 13.0 Å². The van der Waals surface area contributed by atoms with Crippen molar-refractivity contribution in [3.63, 3.8) is 0 Å². The predicted molar refractivity (Wildman–Crippen MR) is 86.8 cm³/mol. The summed E-state index contributed by atoms with van der Waals surface area (Å²) in [4.78, 5) is 26.3. The maximum Gasteiger partial charge on any atom is 0.261 e. The Hall–Kier alpha value is -2.40. The van der Waals surface area contributed by atoms with E-state index in [0.29, 0.717) is 11.1 Å². The molecule has 23 heavy (non-hydrogen) atoms. The molecule has 5 nitrogen and oxygen atoms in total. The van der Waals surface area contributed by atoms with Crippen molar-refractivity contribution >= 4 is 11.8 Å². The van der Waals surface area contributed by atoms with E-state index in [-0.39, 0.29) is 24.6 Å². The van der Waals surface area contributed by atoms with Crippen LogP contribution >= 0.6 is 0 Å². The monoisotopic (exact) mass is 312 g/mol. The molecule has 0 aliphatic carbocycles. The molecule has 2 aliphatic heterocycles. The van der Waals surface area contributed by atoms with Crippen molar-refractivity contribution in [1.82, 2.24) is 10.2 Å². The van der Waals surface area contributed by atoms with Crippen molar-refractivity contribution in [2.24, 2.45) is 0 Å². The second kappa shape index (κ2) is 6.01. The number of nitrogens with zero attached hydrogens (tertiary/aromatic N) is 1. The number of hydrogen-bond donors (Lipinski definition) is 1. The van der Waals surface area contributed by atoms with Crippen molar-refractivity contribution in [3.05, 3.63) is 58.3 Å². The van der Waals surface area contributed by atoms with Gasteiger partial charge in [0.2, 0.25) is 0 Å². The molecule has 1 aromatic rings. The zero-order chi connectivity index (χ0) is 16.6. The smallest absolute Gasteiger partial charge is 0.261 e. The van der Waals surface area contributed by atoms with Gasteiger partial charge >= 0.3 is 0 Å². The van der Waals surface area contributed by atoms with Crippen LogP contribution in [0.1, 0.15) is 41.0 Å². The van der Waals surface area contributed by atoms with Gasteiger partial charge in [0.1, 0.15) is 0 Å². The first-order chi connectivity index (χ1) is 11.1. The number of benzene rings is 1. The molecular weight excluding hydrogens is 292 g/mol. The second-order valence-electron chi connectivity index (χ2n) is 5.73. The Labute approximate surface area is 135 Å². The lowest BCUT2D eigenvalue weighted by atomic mass is 10.0. The molecule has 0 saturated heterocycles. The molecule has 2 heterocycles. The van der Waals surface area contributed by atoms with Crippen molar-refractivity contribution in [2.45, 2.75) is 26.5 Å². The van der Waals surface area contributed by atoms with Gasteiger partial charge in [0.05, 0.1) is 17.7 Å². The minimum Gasteiger partial charge on any atom is -0.360 e. The first-order valence-electron chi connectivity index (χ1n) is 7.71. The fourth-order valence-electron chi connectivity index (χ4n) is 3.06. The lowest BCUT2D eigenvalue weighted by Crippen LogP contribution is -2.41. The molecule has 5 heteroatoms. The van der Waals surface area contributed by atoms with E-state index in [2.05, 4.69) is 12.2 Å². The van der Waals surface area contributed by atoms with Crippen LogP contribution in [-0.4, -0.2) is 36.6 Å². The van der Waals surface area contributed by atoms with Crippen LogP contribution in [0.15, 0.2) is 47.2 Å². The highest BCUT2D eigenvalue weighted by Crippen LogP contribution is 2.26. The van der Waals surface area contributed by atoms with Crippen LogP contribution in [0.4, 0.5) is 0 Å². The van der Waals surface area contributed by atoms with Crippen molar-refractivity contribution in [2.75, 3.05) is 13.7 Å². The molecular formula is C18H20N2O3. The third-order valence-corrected chi connectivity index (χ3v) is 4.36. The zero-order valence-electron chi connectivity index (χ0n) is 13.6. The molecule has 1 N–H and O–H groups in total. The molecule has 120 valence electrons. The highest BCUT2D eigenvalue weighted by Gasteiger charge is 2.36. The van der Waals surface area contributed by atoms with E-state index in [0.717, 1.165) is 23.3 Å². The van der Waals surface area contributed by atoms with Crippen LogP contribution in [-0.2, 0) is 4.74 Å². The van der Waals surface area contributed by atoms with E-state index in [4.69, 9.17) is 4.74 Å². The molecule has 1 unspecified atom stereocenters. The predicted octanol–water partition coefficient (Wildman–Crippen LogP) is 2.47. The molecule has 0 aromatic heterocycles. The number of methoxy groups -OCH3 is 1. The number of carbonyl (C=O) groups excluding carboxylic acids is 2. The quantitative estimate of drug-likeness (QED) is 0.868.